The van der Waals surface area contributed by atoms with Gasteiger partial charge in [0.2, 0.25) is 5.82 Å². The zero-order chi connectivity index (χ0) is 24.0. The van der Waals surface area contributed by atoms with E-state index in [9.17, 15) is 10.2 Å². The van der Waals surface area contributed by atoms with Crippen LogP contribution >= 0.6 is 0 Å². The minimum atomic E-state index is -1.25. The summed E-state index contributed by atoms with van der Waals surface area (Å²) in [6.07, 6.45) is 3.36. The zero-order valence-corrected chi connectivity index (χ0v) is 20.3. The molecular weight excluding hydrogens is 416 g/mol. The van der Waals surface area contributed by atoms with Crippen LogP contribution in [0.25, 0.3) is 11.4 Å². The fraction of sp³-hybridized carbons (Fsp3) is 0.500. The number of hydrogen-bond donors (Lipinski definition) is 2. The molecule has 0 unspecified atom stereocenters. The van der Waals surface area contributed by atoms with E-state index in [-0.39, 0.29) is 5.89 Å². The van der Waals surface area contributed by atoms with Crippen LogP contribution in [-0.4, -0.2) is 49.9 Å². The van der Waals surface area contributed by atoms with E-state index in [1.165, 1.54) is 5.56 Å². The van der Waals surface area contributed by atoms with Crippen molar-refractivity contribution in [3.05, 3.63) is 65.3 Å². The van der Waals surface area contributed by atoms with Gasteiger partial charge in [0.05, 0.1) is 0 Å². The molecule has 7 nitrogen and oxygen atoms in total. The standard InChI is InChI=1S/C26H34N4O3/c1-7-30-15-25(6,16-30)26(32,20-10-8-18(9-11-20)17(2)3)21-12-19(13-27-14-21)22-28-23(33-29-22)24(4,5)31/h8-14,17,31-32H,7,15-16H2,1-6H3/t26-/m0/s1. The highest BCUT2D eigenvalue weighted by Gasteiger charge is 2.55. The molecule has 0 saturated carbocycles. The van der Waals surface area contributed by atoms with Crippen LogP contribution in [0.5, 0.6) is 0 Å². The third-order valence-electron chi connectivity index (χ3n) is 6.82. The summed E-state index contributed by atoms with van der Waals surface area (Å²) in [5.74, 6) is 0.870. The van der Waals surface area contributed by atoms with Crippen molar-refractivity contribution in [3.8, 4) is 11.4 Å². The lowest BCUT2D eigenvalue weighted by Crippen LogP contribution is -2.64. The quantitative estimate of drug-likeness (QED) is 0.560. The molecule has 1 aliphatic heterocycles. The number of rotatable bonds is 7. The Balaban J connectivity index is 1.80. The van der Waals surface area contributed by atoms with Crippen molar-refractivity contribution in [1.82, 2.24) is 20.0 Å². The van der Waals surface area contributed by atoms with Crippen molar-refractivity contribution in [3.63, 3.8) is 0 Å². The molecule has 1 fully saturated rings. The van der Waals surface area contributed by atoms with Crippen LogP contribution < -0.4 is 0 Å². The van der Waals surface area contributed by atoms with Crippen molar-refractivity contribution in [2.75, 3.05) is 19.6 Å². The van der Waals surface area contributed by atoms with Gasteiger partial charge in [0.1, 0.15) is 11.2 Å². The Labute approximate surface area is 195 Å². The van der Waals surface area contributed by atoms with Gasteiger partial charge >= 0.3 is 0 Å². The molecule has 1 aromatic carbocycles. The number of nitrogens with zero attached hydrogens (tertiary/aromatic N) is 4. The molecule has 7 heteroatoms. The van der Waals surface area contributed by atoms with E-state index >= 15 is 0 Å². The van der Waals surface area contributed by atoms with Crippen LogP contribution in [0.15, 0.2) is 47.2 Å². The predicted molar refractivity (Wildman–Crippen MR) is 127 cm³/mol. The van der Waals surface area contributed by atoms with E-state index in [0.717, 1.165) is 25.2 Å². The van der Waals surface area contributed by atoms with Gasteiger partial charge in [0.25, 0.3) is 5.89 Å². The van der Waals surface area contributed by atoms with E-state index in [0.29, 0.717) is 22.9 Å². The maximum atomic E-state index is 12.4. The monoisotopic (exact) mass is 450 g/mol. The fourth-order valence-corrected chi connectivity index (χ4v) is 4.72. The molecule has 1 atom stereocenters. The number of aliphatic hydroxyl groups is 2. The lowest BCUT2D eigenvalue weighted by Gasteiger charge is -2.56. The topological polar surface area (TPSA) is 95.5 Å². The second kappa shape index (κ2) is 8.31. The van der Waals surface area contributed by atoms with Crippen LogP contribution in [-0.2, 0) is 11.2 Å². The maximum Gasteiger partial charge on any atom is 0.258 e. The van der Waals surface area contributed by atoms with Crippen molar-refractivity contribution >= 4 is 0 Å². The van der Waals surface area contributed by atoms with Gasteiger partial charge in [-0.3, -0.25) is 4.98 Å². The highest BCUT2D eigenvalue weighted by molar-refractivity contribution is 5.56. The molecule has 1 aliphatic rings. The summed E-state index contributed by atoms with van der Waals surface area (Å²) < 4.78 is 5.25. The average molecular weight is 451 g/mol. The summed E-state index contributed by atoms with van der Waals surface area (Å²) in [7, 11) is 0. The minimum Gasteiger partial charge on any atom is -0.381 e. The lowest BCUT2D eigenvalue weighted by atomic mass is 9.62. The van der Waals surface area contributed by atoms with E-state index in [4.69, 9.17) is 4.52 Å². The summed E-state index contributed by atoms with van der Waals surface area (Å²) in [6, 6.07) is 10.1. The van der Waals surface area contributed by atoms with E-state index in [1.54, 1.807) is 26.2 Å². The van der Waals surface area contributed by atoms with Gasteiger partial charge in [-0.15, -0.1) is 0 Å². The number of benzene rings is 1. The first-order chi connectivity index (χ1) is 15.5. The SMILES string of the molecule is CCN1CC(C)([C@](O)(c2ccc(C(C)C)cc2)c2cncc(-c3noc(C(C)(C)O)n3)c2)C1. The van der Waals surface area contributed by atoms with Gasteiger partial charge in [-0.25, -0.2) is 0 Å². The summed E-state index contributed by atoms with van der Waals surface area (Å²) in [5, 5.41) is 26.6. The highest BCUT2D eigenvalue weighted by Crippen LogP contribution is 2.50. The molecular formula is C26H34N4O3. The molecule has 0 bridgehead atoms. The molecule has 33 heavy (non-hydrogen) atoms. The first kappa shape index (κ1) is 23.5. The van der Waals surface area contributed by atoms with Crippen LogP contribution in [0, 0.1) is 5.41 Å². The molecule has 3 aromatic rings. The minimum absolute atomic E-state index is 0.131. The van der Waals surface area contributed by atoms with Crippen LogP contribution in [0.2, 0.25) is 0 Å². The van der Waals surface area contributed by atoms with E-state index in [2.05, 4.69) is 59.9 Å². The number of hydrogen-bond acceptors (Lipinski definition) is 7. The van der Waals surface area contributed by atoms with Gasteiger partial charge in [-0.05, 0) is 43.5 Å². The number of pyridine rings is 1. The number of aromatic nitrogens is 3. The molecule has 0 spiro atoms. The summed E-state index contributed by atoms with van der Waals surface area (Å²) >= 11 is 0. The van der Waals surface area contributed by atoms with Crippen molar-refractivity contribution in [2.45, 2.75) is 58.7 Å². The van der Waals surface area contributed by atoms with Crippen molar-refractivity contribution in [2.24, 2.45) is 5.41 Å². The summed E-state index contributed by atoms with van der Waals surface area (Å²) in [4.78, 5) is 11.1. The van der Waals surface area contributed by atoms with Gasteiger partial charge in [-0.2, -0.15) is 4.98 Å². The number of likely N-dealkylation sites (tertiary alicyclic amines) is 1. The molecule has 4 rings (SSSR count). The van der Waals surface area contributed by atoms with Crippen LogP contribution in [0.3, 0.4) is 0 Å². The first-order valence-electron chi connectivity index (χ1n) is 11.6. The fourth-order valence-electron chi connectivity index (χ4n) is 4.72. The maximum absolute atomic E-state index is 12.4. The molecule has 0 amide bonds. The van der Waals surface area contributed by atoms with E-state index < -0.39 is 16.6 Å². The average Bonchev–Trinajstić information content (AvgIpc) is 3.27. The highest BCUT2D eigenvalue weighted by atomic mass is 16.5. The van der Waals surface area contributed by atoms with Gasteiger partial charge in [0, 0.05) is 42.0 Å². The predicted octanol–water partition coefficient (Wildman–Crippen LogP) is 4.06. The Bertz CT molecular complexity index is 1110. The molecule has 3 heterocycles. The van der Waals surface area contributed by atoms with Crippen LogP contribution in [0.1, 0.15) is 70.0 Å². The third kappa shape index (κ3) is 4.09. The Kier molecular flexibility index (Phi) is 5.93. The van der Waals surface area contributed by atoms with Crippen molar-refractivity contribution < 1.29 is 14.7 Å². The normalized spacial score (nSPS) is 18.2. The largest absolute Gasteiger partial charge is 0.381 e. The van der Waals surface area contributed by atoms with E-state index in [1.807, 2.05) is 18.2 Å². The van der Waals surface area contributed by atoms with Crippen molar-refractivity contribution in [1.29, 1.82) is 0 Å². The smallest absolute Gasteiger partial charge is 0.258 e. The molecule has 0 radical (unpaired) electrons. The Morgan fingerprint density at radius 1 is 1.09 bits per heavy atom. The first-order valence-corrected chi connectivity index (χ1v) is 11.6. The Morgan fingerprint density at radius 3 is 2.30 bits per heavy atom. The second-order valence-electron chi connectivity index (χ2n) is 10.3. The molecule has 1 saturated heterocycles. The second-order valence-corrected chi connectivity index (χ2v) is 10.3. The molecule has 176 valence electrons. The third-order valence-corrected chi connectivity index (χ3v) is 6.82. The Hall–Kier alpha value is -2.61. The molecule has 2 N–H and O–H groups in total. The van der Waals surface area contributed by atoms with Gasteiger partial charge < -0.3 is 19.6 Å². The van der Waals surface area contributed by atoms with Crippen LogP contribution in [0.4, 0.5) is 0 Å². The summed E-state index contributed by atoms with van der Waals surface area (Å²) in [6.45, 7) is 14.3. The molecule has 2 aromatic heterocycles. The summed E-state index contributed by atoms with van der Waals surface area (Å²) in [5.41, 5.74) is 0.503. The van der Waals surface area contributed by atoms with Gasteiger partial charge in [0.15, 0.2) is 0 Å². The lowest BCUT2D eigenvalue weighted by molar-refractivity contribution is -0.134. The Morgan fingerprint density at radius 2 is 1.76 bits per heavy atom. The van der Waals surface area contributed by atoms with Gasteiger partial charge in [-0.1, -0.05) is 57.1 Å². The zero-order valence-electron chi connectivity index (χ0n) is 20.3. The molecule has 0 aliphatic carbocycles.